The van der Waals surface area contributed by atoms with Crippen LogP contribution < -0.4 is 5.32 Å². The molecule has 9 heteroatoms. The van der Waals surface area contributed by atoms with Crippen molar-refractivity contribution in [1.29, 1.82) is 0 Å². The Balaban J connectivity index is 0.000000368. The van der Waals surface area contributed by atoms with Crippen LogP contribution >= 0.6 is 23.2 Å². The molecule has 2 aromatic carbocycles. The summed E-state index contributed by atoms with van der Waals surface area (Å²) in [6, 6.07) is 13.6. The Morgan fingerprint density at radius 3 is 2.29 bits per heavy atom. The van der Waals surface area contributed by atoms with Crippen molar-refractivity contribution in [2.45, 2.75) is 34.6 Å². The lowest BCUT2D eigenvalue weighted by Gasteiger charge is -2.08. The quantitative estimate of drug-likeness (QED) is 0.235. The summed E-state index contributed by atoms with van der Waals surface area (Å²) < 4.78 is 4.40. The van der Waals surface area contributed by atoms with Crippen molar-refractivity contribution in [1.82, 2.24) is 9.97 Å². The average Bonchev–Trinajstić information content (AvgIpc) is 3.07. The lowest BCUT2D eigenvalue weighted by molar-refractivity contribution is -0.140. The van der Waals surface area contributed by atoms with Crippen molar-refractivity contribution in [3.05, 3.63) is 59.4 Å². The second-order valence-corrected chi connectivity index (χ2v) is 8.45. The molecule has 0 fully saturated rings. The highest BCUT2D eigenvalue weighted by molar-refractivity contribution is 6.62. The summed E-state index contributed by atoms with van der Waals surface area (Å²) >= 11 is 10.7. The molecule has 0 aliphatic carbocycles. The van der Waals surface area contributed by atoms with E-state index in [9.17, 15) is 14.4 Å². The van der Waals surface area contributed by atoms with Crippen LogP contribution in [0.4, 0.5) is 5.69 Å². The number of anilines is 1. The standard InChI is InChI=1S/C20H16ClN3O.C4H8O2.C2H3ClO/c1-11-20(16-7-8-22-19-9-13(21)3-5-15(16)19)17-10-14(24-12(2)25)4-6-18(17)23-11;1-3-6-4(2)5;1-2(3)4/h3-10,23H,1-2H3,(H,24,25);3H2,1-2H3;1H3. The molecule has 2 aromatic heterocycles. The number of rotatable bonds is 3. The molecule has 2 N–H and O–H groups in total. The Labute approximate surface area is 213 Å². The maximum absolute atomic E-state index is 11.4. The van der Waals surface area contributed by atoms with Gasteiger partial charge >= 0.3 is 5.97 Å². The highest BCUT2D eigenvalue weighted by Crippen LogP contribution is 2.37. The van der Waals surface area contributed by atoms with Crippen molar-refractivity contribution in [3.8, 4) is 11.1 Å². The van der Waals surface area contributed by atoms with Crippen LogP contribution in [0.15, 0.2) is 48.7 Å². The number of esters is 1. The maximum atomic E-state index is 11.4. The van der Waals surface area contributed by atoms with Gasteiger partial charge in [0.1, 0.15) is 0 Å². The number of amides is 1. The van der Waals surface area contributed by atoms with Crippen LogP contribution in [0.2, 0.25) is 5.02 Å². The van der Waals surface area contributed by atoms with Gasteiger partial charge in [0.15, 0.2) is 0 Å². The lowest BCUT2D eigenvalue weighted by atomic mass is 9.98. The Morgan fingerprint density at radius 1 is 1.03 bits per heavy atom. The number of H-pyrrole nitrogens is 1. The summed E-state index contributed by atoms with van der Waals surface area (Å²) in [6.45, 7) is 8.50. The molecule has 1 amide bonds. The van der Waals surface area contributed by atoms with E-state index >= 15 is 0 Å². The molecular formula is C26H27Cl2N3O4. The van der Waals surface area contributed by atoms with Gasteiger partial charge in [-0.2, -0.15) is 0 Å². The molecule has 4 rings (SSSR count). The summed E-state index contributed by atoms with van der Waals surface area (Å²) in [5.74, 6) is -0.297. The molecule has 2 heterocycles. The minimum absolute atomic E-state index is 0.0860. The fourth-order valence-electron chi connectivity index (χ4n) is 3.50. The molecule has 0 radical (unpaired) electrons. The number of aromatic nitrogens is 2. The fourth-order valence-corrected chi connectivity index (χ4v) is 3.66. The highest BCUT2D eigenvalue weighted by Gasteiger charge is 2.14. The Morgan fingerprint density at radius 2 is 1.71 bits per heavy atom. The smallest absolute Gasteiger partial charge is 0.302 e. The Kier molecular flexibility index (Phi) is 10.2. The minimum atomic E-state index is -0.361. The first kappa shape index (κ1) is 27.8. The zero-order valence-electron chi connectivity index (χ0n) is 20.2. The van der Waals surface area contributed by atoms with Gasteiger partial charge in [-0.1, -0.05) is 17.7 Å². The van der Waals surface area contributed by atoms with E-state index in [0.717, 1.165) is 44.3 Å². The van der Waals surface area contributed by atoms with E-state index in [1.54, 1.807) is 13.1 Å². The van der Waals surface area contributed by atoms with Gasteiger partial charge in [0.05, 0.1) is 12.1 Å². The van der Waals surface area contributed by atoms with Crippen LogP contribution in [0.5, 0.6) is 0 Å². The number of nitrogens with zero attached hydrogens (tertiary/aromatic N) is 1. The molecule has 0 aliphatic rings. The predicted octanol–water partition coefficient (Wildman–Crippen LogP) is 6.64. The topological polar surface area (TPSA) is 101 Å². The molecule has 0 saturated heterocycles. The Bertz CT molecular complexity index is 1360. The van der Waals surface area contributed by atoms with Gasteiger partial charge in [-0.3, -0.25) is 19.4 Å². The van der Waals surface area contributed by atoms with Crippen LogP contribution in [0, 0.1) is 6.92 Å². The van der Waals surface area contributed by atoms with Crippen LogP contribution in [0.1, 0.15) is 33.4 Å². The van der Waals surface area contributed by atoms with E-state index in [1.807, 2.05) is 42.5 Å². The largest absolute Gasteiger partial charge is 0.466 e. The van der Waals surface area contributed by atoms with E-state index in [-0.39, 0.29) is 17.1 Å². The van der Waals surface area contributed by atoms with E-state index in [4.69, 9.17) is 11.6 Å². The van der Waals surface area contributed by atoms with Crippen molar-refractivity contribution < 1.29 is 19.1 Å². The van der Waals surface area contributed by atoms with Crippen LogP contribution in [0.3, 0.4) is 0 Å². The fraction of sp³-hybridized carbons (Fsp3) is 0.231. The molecule has 35 heavy (non-hydrogen) atoms. The molecule has 0 atom stereocenters. The molecule has 0 bridgehead atoms. The molecule has 0 unspecified atom stereocenters. The normalized spacial score (nSPS) is 10.0. The number of fused-ring (bicyclic) bond motifs is 2. The number of carbonyl (C=O) groups excluding carboxylic acids is 3. The lowest BCUT2D eigenvalue weighted by Crippen LogP contribution is -2.05. The average molecular weight is 516 g/mol. The summed E-state index contributed by atoms with van der Waals surface area (Å²) in [5, 5.41) is 5.26. The zero-order chi connectivity index (χ0) is 26.1. The third-order valence-corrected chi connectivity index (χ3v) is 4.86. The van der Waals surface area contributed by atoms with E-state index < -0.39 is 0 Å². The number of aromatic amines is 1. The van der Waals surface area contributed by atoms with Gasteiger partial charge in [-0.05, 0) is 67.4 Å². The molecule has 0 aliphatic heterocycles. The first-order valence-corrected chi connectivity index (χ1v) is 11.5. The van der Waals surface area contributed by atoms with Crippen molar-refractivity contribution in [2.75, 3.05) is 11.9 Å². The molecule has 7 nitrogen and oxygen atoms in total. The number of benzene rings is 2. The SMILES string of the molecule is CC(=O)Cl.CC(=O)Nc1ccc2[nH]c(C)c(-c3ccnc4cc(Cl)ccc34)c2c1.CCOC(C)=O. The second-order valence-electron chi connectivity index (χ2n) is 7.48. The van der Waals surface area contributed by atoms with Gasteiger partial charge in [-0.25, -0.2) is 0 Å². The van der Waals surface area contributed by atoms with Crippen LogP contribution in [-0.2, 0) is 19.1 Å². The molecule has 0 spiro atoms. The predicted molar refractivity (Wildman–Crippen MR) is 142 cm³/mol. The molecule has 4 aromatic rings. The van der Waals surface area contributed by atoms with Crippen LogP contribution in [0.25, 0.3) is 32.9 Å². The number of aryl methyl sites for hydroxylation is 1. The van der Waals surface area contributed by atoms with E-state index in [0.29, 0.717) is 11.6 Å². The van der Waals surface area contributed by atoms with Crippen LogP contribution in [-0.4, -0.2) is 33.7 Å². The number of hydrogen-bond acceptors (Lipinski definition) is 5. The molecule has 184 valence electrons. The third-order valence-electron chi connectivity index (χ3n) is 4.63. The molecule has 0 saturated carbocycles. The number of ether oxygens (including phenoxy) is 1. The summed E-state index contributed by atoms with van der Waals surface area (Å²) in [6.07, 6.45) is 1.80. The van der Waals surface area contributed by atoms with Gasteiger partial charge < -0.3 is 15.0 Å². The number of carbonyl (C=O) groups is 3. The van der Waals surface area contributed by atoms with Crippen molar-refractivity contribution >= 4 is 67.8 Å². The van der Waals surface area contributed by atoms with Gasteiger partial charge in [0.2, 0.25) is 11.1 Å². The minimum Gasteiger partial charge on any atom is -0.466 e. The first-order valence-electron chi connectivity index (χ1n) is 10.8. The van der Waals surface area contributed by atoms with Crippen molar-refractivity contribution in [2.24, 2.45) is 0 Å². The number of hydrogen-bond donors (Lipinski definition) is 2. The Hall–Kier alpha value is -3.42. The zero-order valence-corrected chi connectivity index (χ0v) is 21.7. The van der Waals surface area contributed by atoms with Crippen molar-refractivity contribution in [3.63, 3.8) is 0 Å². The van der Waals surface area contributed by atoms with E-state index in [2.05, 4.69) is 38.5 Å². The number of halogens is 2. The van der Waals surface area contributed by atoms with Gasteiger partial charge in [0, 0.05) is 65.2 Å². The van der Waals surface area contributed by atoms with Gasteiger partial charge in [0.25, 0.3) is 0 Å². The maximum Gasteiger partial charge on any atom is 0.302 e. The monoisotopic (exact) mass is 515 g/mol. The molecular weight excluding hydrogens is 489 g/mol. The highest BCUT2D eigenvalue weighted by atomic mass is 35.5. The third kappa shape index (κ3) is 8.09. The summed E-state index contributed by atoms with van der Waals surface area (Å²) in [4.78, 5) is 38.3. The number of pyridine rings is 1. The van der Waals surface area contributed by atoms with Gasteiger partial charge in [-0.15, -0.1) is 0 Å². The second kappa shape index (κ2) is 12.9. The number of nitrogens with one attached hydrogen (secondary N) is 2. The summed E-state index contributed by atoms with van der Waals surface area (Å²) in [7, 11) is 0. The first-order chi connectivity index (χ1) is 16.5. The van der Waals surface area contributed by atoms with E-state index in [1.165, 1.54) is 20.8 Å². The summed E-state index contributed by atoms with van der Waals surface area (Å²) in [5.41, 5.74) is 5.93.